The topological polar surface area (TPSA) is 69.7 Å². The highest BCUT2D eigenvalue weighted by Gasteiger charge is 2.34. The average Bonchev–Trinajstić information content (AvgIpc) is 2.91. The first-order chi connectivity index (χ1) is 13.1. The molecular weight excluding hydrogens is 342 g/mol. The standard InChI is InChI=1S/C21H29N3O3/c25-19-10-5-2-6-12-23(19)13-7-11-22-21(27)18-14-20(26)24(16-18)15-17-8-3-1-4-9-17/h1,3-4,8-9,18H,2,5-7,10-16H2,(H,22,27). The van der Waals surface area contributed by atoms with E-state index in [-0.39, 0.29) is 30.1 Å². The Labute approximate surface area is 160 Å². The summed E-state index contributed by atoms with van der Waals surface area (Å²) in [6.45, 7) is 3.11. The van der Waals surface area contributed by atoms with Crippen molar-refractivity contribution in [3.63, 3.8) is 0 Å². The number of nitrogens with zero attached hydrogens (tertiary/aromatic N) is 2. The van der Waals surface area contributed by atoms with Gasteiger partial charge in [0, 0.05) is 45.6 Å². The van der Waals surface area contributed by atoms with Gasteiger partial charge in [0.25, 0.3) is 0 Å². The number of carbonyl (C=O) groups is 3. The maximum Gasteiger partial charge on any atom is 0.225 e. The lowest BCUT2D eigenvalue weighted by Gasteiger charge is -2.20. The normalized spacial score (nSPS) is 20.7. The minimum Gasteiger partial charge on any atom is -0.356 e. The molecule has 0 aromatic heterocycles. The maximum absolute atomic E-state index is 12.4. The number of hydrogen-bond donors (Lipinski definition) is 1. The van der Waals surface area contributed by atoms with E-state index in [4.69, 9.17) is 0 Å². The summed E-state index contributed by atoms with van der Waals surface area (Å²) in [4.78, 5) is 40.2. The lowest BCUT2D eigenvalue weighted by molar-refractivity contribution is -0.131. The summed E-state index contributed by atoms with van der Waals surface area (Å²) in [7, 11) is 0. The van der Waals surface area contributed by atoms with Crippen molar-refractivity contribution >= 4 is 17.7 Å². The van der Waals surface area contributed by atoms with Gasteiger partial charge >= 0.3 is 0 Å². The highest BCUT2D eigenvalue weighted by molar-refractivity contribution is 5.89. The quantitative estimate of drug-likeness (QED) is 0.745. The van der Waals surface area contributed by atoms with Crippen LogP contribution in [0.4, 0.5) is 0 Å². The van der Waals surface area contributed by atoms with E-state index in [1.165, 1.54) is 0 Å². The van der Waals surface area contributed by atoms with E-state index in [9.17, 15) is 14.4 Å². The molecule has 1 aromatic carbocycles. The summed E-state index contributed by atoms with van der Waals surface area (Å²) in [6.07, 6.45) is 4.86. The maximum atomic E-state index is 12.4. The number of rotatable bonds is 7. The highest BCUT2D eigenvalue weighted by atomic mass is 16.2. The SMILES string of the molecule is O=C(NCCCN1CCCCCC1=O)C1CC(=O)N(Cc2ccccc2)C1. The molecule has 0 aliphatic carbocycles. The minimum atomic E-state index is -0.277. The van der Waals surface area contributed by atoms with Crippen LogP contribution in [0.3, 0.4) is 0 Å². The van der Waals surface area contributed by atoms with Crippen molar-refractivity contribution in [3.05, 3.63) is 35.9 Å². The molecule has 1 unspecified atom stereocenters. The molecule has 27 heavy (non-hydrogen) atoms. The molecule has 0 spiro atoms. The van der Waals surface area contributed by atoms with Gasteiger partial charge in [-0.05, 0) is 24.8 Å². The van der Waals surface area contributed by atoms with E-state index in [1.54, 1.807) is 4.90 Å². The minimum absolute atomic E-state index is 0.0363. The molecule has 1 atom stereocenters. The summed E-state index contributed by atoms with van der Waals surface area (Å²) in [5.74, 6) is -0.0620. The van der Waals surface area contributed by atoms with Gasteiger partial charge in [-0.25, -0.2) is 0 Å². The third kappa shape index (κ3) is 5.55. The lowest BCUT2D eigenvalue weighted by atomic mass is 10.1. The Balaban J connectivity index is 1.38. The predicted octanol–water partition coefficient (Wildman–Crippen LogP) is 1.94. The molecule has 1 N–H and O–H groups in total. The molecule has 6 nitrogen and oxygen atoms in total. The lowest BCUT2D eigenvalue weighted by Crippen LogP contribution is -2.36. The molecule has 1 aromatic rings. The van der Waals surface area contributed by atoms with Crippen LogP contribution in [0.25, 0.3) is 0 Å². The average molecular weight is 371 g/mol. The summed E-state index contributed by atoms with van der Waals surface area (Å²) in [5, 5.41) is 2.94. The second-order valence-electron chi connectivity index (χ2n) is 7.50. The van der Waals surface area contributed by atoms with Crippen molar-refractivity contribution in [1.29, 1.82) is 0 Å². The molecule has 6 heteroatoms. The molecule has 0 saturated carbocycles. The smallest absolute Gasteiger partial charge is 0.225 e. The van der Waals surface area contributed by atoms with Gasteiger partial charge in [0.15, 0.2) is 0 Å². The second kappa shape index (κ2) is 9.53. The predicted molar refractivity (Wildman–Crippen MR) is 103 cm³/mol. The summed E-state index contributed by atoms with van der Waals surface area (Å²) < 4.78 is 0. The fourth-order valence-corrected chi connectivity index (χ4v) is 3.81. The van der Waals surface area contributed by atoms with Gasteiger partial charge in [-0.2, -0.15) is 0 Å². The second-order valence-corrected chi connectivity index (χ2v) is 7.50. The monoisotopic (exact) mass is 371 g/mol. The molecule has 3 rings (SSSR count). The summed E-state index contributed by atoms with van der Waals surface area (Å²) in [5.41, 5.74) is 1.08. The van der Waals surface area contributed by atoms with Gasteiger partial charge in [0.1, 0.15) is 0 Å². The molecule has 146 valence electrons. The molecule has 0 bridgehead atoms. The van der Waals surface area contributed by atoms with Crippen LogP contribution < -0.4 is 5.32 Å². The molecular formula is C21H29N3O3. The third-order valence-corrected chi connectivity index (χ3v) is 5.38. The van der Waals surface area contributed by atoms with Crippen molar-refractivity contribution in [2.24, 2.45) is 5.92 Å². The highest BCUT2D eigenvalue weighted by Crippen LogP contribution is 2.20. The van der Waals surface area contributed by atoms with Gasteiger partial charge in [-0.15, -0.1) is 0 Å². The zero-order chi connectivity index (χ0) is 19.1. The van der Waals surface area contributed by atoms with Crippen LogP contribution in [-0.4, -0.2) is 53.7 Å². The van der Waals surface area contributed by atoms with Crippen LogP contribution in [0.2, 0.25) is 0 Å². The van der Waals surface area contributed by atoms with Crippen LogP contribution in [-0.2, 0) is 20.9 Å². The number of likely N-dealkylation sites (tertiary alicyclic amines) is 2. The molecule has 0 radical (unpaired) electrons. The molecule has 2 saturated heterocycles. The van der Waals surface area contributed by atoms with Crippen LogP contribution in [0.15, 0.2) is 30.3 Å². The van der Waals surface area contributed by atoms with E-state index in [0.717, 1.165) is 37.8 Å². The Hall–Kier alpha value is -2.37. The Morgan fingerprint density at radius 3 is 2.67 bits per heavy atom. The first-order valence-corrected chi connectivity index (χ1v) is 10.0. The van der Waals surface area contributed by atoms with Gasteiger partial charge < -0.3 is 15.1 Å². The van der Waals surface area contributed by atoms with Crippen LogP contribution in [0, 0.1) is 5.92 Å². The summed E-state index contributed by atoms with van der Waals surface area (Å²) in [6, 6.07) is 9.84. The van der Waals surface area contributed by atoms with Crippen LogP contribution in [0.1, 0.15) is 44.1 Å². The van der Waals surface area contributed by atoms with E-state index < -0.39 is 0 Å². The van der Waals surface area contributed by atoms with E-state index >= 15 is 0 Å². The van der Waals surface area contributed by atoms with Gasteiger partial charge in [0.05, 0.1) is 5.92 Å². The Morgan fingerprint density at radius 1 is 1.04 bits per heavy atom. The van der Waals surface area contributed by atoms with Gasteiger partial charge in [0.2, 0.25) is 17.7 Å². The first-order valence-electron chi connectivity index (χ1n) is 10.0. The van der Waals surface area contributed by atoms with E-state index in [0.29, 0.717) is 32.6 Å². The fourth-order valence-electron chi connectivity index (χ4n) is 3.81. The Kier molecular flexibility index (Phi) is 6.85. The number of amides is 3. The molecule has 3 amide bonds. The van der Waals surface area contributed by atoms with E-state index in [2.05, 4.69) is 5.32 Å². The Bertz CT molecular complexity index is 662. The summed E-state index contributed by atoms with van der Waals surface area (Å²) >= 11 is 0. The largest absolute Gasteiger partial charge is 0.356 e. The zero-order valence-electron chi connectivity index (χ0n) is 15.9. The fraction of sp³-hybridized carbons (Fsp3) is 0.571. The van der Waals surface area contributed by atoms with Gasteiger partial charge in [-0.1, -0.05) is 36.8 Å². The van der Waals surface area contributed by atoms with Crippen molar-refractivity contribution < 1.29 is 14.4 Å². The zero-order valence-corrected chi connectivity index (χ0v) is 15.9. The van der Waals surface area contributed by atoms with Crippen LogP contribution >= 0.6 is 0 Å². The van der Waals surface area contributed by atoms with Gasteiger partial charge in [-0.3, -0.25) is 14.4 Å². The molecule has 2 fully saturated rings. The number of benzene rings is 1. The van der Waals surface area contributed by atoms with E-state index in [1.807, 2.05) is 35.2 Å². The third-order valence-electron chi connectivity index (χ3n) is 5.38. The Morgan fingerprint density at radius 2 is 1.85 bits per heavy atom. The molecule has 2 heterocycles. The molecule has 2 aliphatic heterocycles. The van der Waals surface area contributed by atoms with Crippen LogP contribution in [0.5, 0.6) is 0 Å². The number of carbonyl (C=O) groups excluding carboxylic acids is 3. The number of hydrogen-bond acceptors (Lipinski definition) is 3. The van der Waals surface area contributed by atoms with Crippen molar-refractivity contribution in [3.8, 4) is 0 Å². The van der Waals surface area contributed by atoms with Crippen molar-refractivity contribution in [2.75, 3.05) is 26.2 Å². The first kappa shape index (κ1) is 19.4. The number of nitrogens with one attached hydrogen (secondary N) is 1. The van der Waals surface area contributed by atoms with Crippen molar-refractivity contribution in [1.82, 2.24) is 15.1 Å². The molecule has 2 aliphatic rings. The van der Waals surface area contributed by atoms with Crippen molar-refractivity contribution in [2.45, 2.75) is 45.1 Å².